The van der Waals surface area contributed by atoms with Crippen molar-refractivity contribution in [3.8, 4) is 5.75 Å². The summed E-state index contributed by atoms with van der Waals surface area (Å²) in [5.41, 5.74) is 3.21. The van der Waals surface area contributed by atoms with E-state index in [-0.39, 0.29) is 23.1 Å². The fourth-order valence-corrected chi connectivity index (χ4v) is 3.42. The first-order chi connectivity index (χ1) is 12.4. The second-order valence-electron chi connectivity index (χ2n) is 7.08. The molecule has 140 valence electrons. The second-order valence-corrected chi connectivity index (χ2v) is 7.08. The van der Waals surface area contributed by atoms with Crippen LogP contribution in [-0.2, 0) is 6.42 Å². The van der Waals surface area contributed by atoms with E-state index in [4.69, 9.17) is 0 Å². The Bertz CT molecular complexity index is 741. The van der Waals surface area contributed by atoms with Crippen LogP contribution in [0.2, 0.25) is 0 Å². The van der Waals surface area contributed by atoms with Gasteiger partial charge in [-0.1, -0.05) is 25.1 Å². The standard InChI is InChI=1S/C21H24F3NO/c1-3-19(15-5-8-18(9-6-15)26-20(23)24)25-21(10-11-21)13-16-4-7-17(22)12-14(16)2/h4-9,12,19-20,25H,3,10-11,13H2,1-2H3. The predicted octanol–water partition coefficient (Wildman–Crippen LogP) is 5.55. The lowest BCUT2D eigenvalue weighted by atomic mass is 9.96. The topological polar surface area (TPSA) is 21.3 Å². The van der Waals surface area contributed by atoms with Crippen LogP contribution in [0.15, 0.2) is 42.5 Å². The van der Waals surface area contributed by atoms with E-state index in [1.807, 2.05) is 25.1 Å². The number of aryl methyl sites for hydroxylation is 1. The molecule has 0 spiro atoms. The van der Waals surface area contributed by atoms with E-state index in [1.54, 1.807) is 18.2 Å². The molecule has 1 aliphatic carbocycles. The minimum atomic E-state index is -2.81. The highest BCUT2D eigenvalue weighted by Crippen LogP contribution is 2.42. The number of ether oxygens (including phenoxy) is 1. The zero-order valence-electron chi connectivity index (χ0n) is 15.1. The van der Waals surface area contributed by atoms with Crippen molar-refractivity contribution in [1.82, 2.24) is 5.32 Å². The second kappa shape index (κ2) is 7.70. The summed E-state index contributed by atoms with van der Waals surface area (Å²) in [5, 5.41) is 3.74. The number of rotatable bonds is 8. The largest absolute Gasteiger partial charge is 0.435 e. The molecule has 0 aromatic heterocycles. The van der Waals surface area contributed by atoms with Crippen LogP contribution < -0.4 is 10.1 Å². The Labute approximate surface area is 152 Å². The summed E-state index contributed by atoms with van der Waals surface area (Å²) in [6, 6.07) is 11.9. The van der Waals surface area contributed by atoms with Gasteiger partial charge in [0.25, 0.3) is 0 Å². The normalized spacial score (nSPS) is 16.5. The van der Waals surface area contributed by atoms with E-state index >= 15 is 0 Å². The molecule has 0 saturated heterocycles. The number of halogens is 3. The maximum absolute atomic E-state index is 13.3. The van der Waals surface area contributed by atoms with E-state index in [9.17, 15) is 13.2 Å². The van der Waals surface area contributed by atoms with Crippen molar-refractivity contribution in [3.63, 3.8) is 0 Å². The Morgan fingerprint density at radius 1 is 1.12 bits per heavy atom. The molecule has 1 saturated carbocycles. The number of hydrogen-bond acceptors (Lipinski definition) is 2. The molecule has 26 heavy (non-hydrogen) atoms. The summed E-state index contributed by atoms with van der Waals surface area (Å²) < 4.78 is 42.3. The Morgan fingerprint density at radius 2 is 1.81 bits per heavy atom. The highest BCUT2D eigenvalue weighted by atomic mass is 19.3. The summed E-state index contributed by atoms with van der Waals surface area (Å²) in [5.74, 6) is -0.0386. The average Bonchev–Trinajstić information content (AvgIpc) is 3.35. The fraction of sp³-hybridized carbons (Fsp3) is 0.429. The molecule has 2 nitrogen and oxygen atoms in total. The predicted molar refractivity (Wildman–Crippen MR) is 96.0 cm³/mol. The third kappa shape index (κ3) is 4.58. The Morgan fingerprint density at radius 3 is 2.35 bits per heavy atom. The smallest absolute Gasteiger partial charge is 0.387 e. The van der Waals surface area contributed by atoms with Crippen molar-refractivity contribution >= 4 is 0 Å². The van der Waals surface area contributed by atoms with E-state index in [1.165, 1.54) is 6.07 Å². The number of nitrogens with one attached hydrogen (secondary N) is 1. The lowest BCUT2D eigenvalue weighted by molar-refractivity contribution is -0.0498. The van der Waals surface area contributed by atoms with Gasteiger partial charge in [-0.2, -0.15) is 8.78 Å². The van der Waals surface area contributed by atoms with E-state index in [0.29, 0.717) is 0 Å². The van der Waals surface area contributed by atoms with Crippen LogP contribution in [0, 0.1) is 12.7 Å². The van der Waals surface area contributed by atoms with Gasteiger partial charge in [0.2, 0.25) is 0 Å². The molecule has 0 amide bonds. The molecular formula is C21H24F3NO. The van der Waals surface area contributed by atoms with Crippen LogP contribution in [0.1, 0.15) is 48.9 Å². The highest BCUT2D eigenvalue weighted by Gasteiger charge is 2.43. The van der Waals surface area contributed by atoms with Crippen LogP contribution >= 0.6 is 0 Å². The van der Waals surface area contributed by atoms with Gasteiger partial charge >= 0.3 is 6.61 Å². The molecular weight excluding hydrogens is 339 g/mol. The first-order valence-corrected chi connectivity index (χ1v) is 8.98. The maximum Gasteiger partial charge on any atom is 0.387 e. The van der Waals surface area contributed by atoms with E-state index in [2.05, 4.69) is 17.0 Å². The zero-order chi connectivity index (χ0) is 18.7. The molecule has 1 unspecified atom stereocenters. The van der Waals surface area contributed by atoms with Crippen molar-refractivity contribution < 1.29 is 17.9 Å². The lowest BCUT2D eigenvalue weighted by Crippen LogP contribution is -2.36. The number of hydrogen-bond donors (Lipinski definition) is 1. The van der Waals surface area contributed by atoms with Gasteiger partial charge < -0.3 is 10.1 Å². The molecule has 2 aromatic rings. The summed E-state index contributed by atoms with van der Waals surface area (Å²) in [4.78, 5) is 0. The molecule has 0 radical (unpaired) electrons. The minimum Gasteiger partial charge on any atom is -0.435 e. The molecule has 3 rings (SSSR count). The quantitative estimate of drug-likeness (QED) is 0.664. The Balaban J connectivity index is 1.69. The lowest BCUT2D eigenvalue weighted by Gasteiger charge is -2.26. The molecule has 0 bridgehead atoms. The molecule has 0 heterocycles. The van der Waals surface area contributed by atoms with Crippen LogP contribution in [0.5, 0.6) is 5.75 Å². The minimum absolute atomic E-state index is 0.0292. The zero-order valence-corrected chi connectivity index (χ0v) is 15.1. The van der Waals surface area contributed by atoms with Gasteiger partial charge in [0.15, 0.2) is 0 Å². The van der Waals surface area contributed by atoms with Gasteiger partial charge in [0.1, 0.15) is 11.6 Å². The van der Waals surface area contributed by atoms with Gasteiger partial charge in [0.05, 0.1) is 0 Å². The summed E-state index contributed by atoms with van der Waals surface area (Å²) in [6.45, 7) is 1.23. The Hall–Kier alpha value is -2.01. The molecule has 2 aromatic carbocycles. The molecule has 0 aliphatic heterocycles. The van der Waals surface area contributed by atoms with Crippen molar-refractivity contribution in [2.24, 2.45) is 0 Å². The van der Waals surface area contributed by atoms with Crippen molar-refractivity contribution in [1.29, 1.82) is 0 Å². The summed E-state index contributed by atoms with van der Waals surface area (Å²) in [6.07, 6.45) is 3.90. The third-order valence-corrected chi connectivity index (χ3v) is 5.08. The SMILES string of the molecule is CCC(NC1(Cc2ccc(F)cc2C)CC1)c1ccc(OC(F)F)cc1. The van der Waals surface area contributed by atoms with Gasteiger partial charge in [-0.05, 0) is 73.6 Å². The molecule has 1 aliphatic rings. The Kier molecular flexibility index (Phi) is 5.56. The molecule has 5 heteroatoms. The highest BCUT2D eigenvalue weighted by molar-refractivity contribution is 5.32. The molecule has 1 N–H and O–H groups in total. The fourth-order valence-electron chi connectivity index (χ4n) is 3.42. The maximum atomic E-state index is 13.3. The molecule has 1 atom stereocenters. The van der Waals surface area contributed by atoms with Gasteiger partial charge in [-0.25, -0.2) is 4.39 Å². The van der Waals surface area contributed by atoms with Gasteiger partial charge in [-0.15, -0.1) is 0 Å². The van der Waals surface area contributed by atoms with Crippen molar-refractivity contribution in [2.75, 3.05) is 0 Å². The number of benzene rings is 2. The van der Waals surface area contributed by atoms with E-state index in [0.717, 1.165) is 42.4 Å². The van der Waals surface area contributed by atoms with Crippen LogP contribution in [0.4, 0.5) is 13.2 Å². The van der Waals surface area contributed by atoms with E-state index < -0.39 is 6.61 Å². The van der Waals surface area contributed by atoms with Crippen LogP contribution in [-0.4, -0.2) is 12.2 Å². The van der Waals surface area contributed by atoms with Gasteiger partial charge in [-0.3, -0.25) is 0 Å². The summed E-state index contributed by atoms with van der Waals surface area (Å²) >= 11 is 0. The first-order valence-electron chi connectivity index (χ1n) is 8.98. The van der Waals surface area contributed by atoms with Crippen LogP contribution in [0.3, 0.4) is 0 Å². The van der Waals surface area contributed by atoms with Crippen molar-refractivity contribution in [2.45, 2.75) is 57.7 Å². The summed E-state index contributed by atoms with van der Waals surface area (Å²) in [7, 11) is 0. The number of alkyl halides is 2. The van der Waals surface area contributed by atoms with Gasteiger partial charge in [0, 0.05) is 11.6 Å². The van der Waals surface area contributed by atoms with Crippen molar-refractivity contribution in [3.05, 3.63) is 65.0 Å². The first kappa shape index (κ1) is 18.8. The van der Waals surface area contributed by atoms with Crippen LogP contribution in [0.25, 0.3) is 0 Å². The average molecular weight is 363 g/mol. The molecule has 1 fully saturated rings. The monoisotopic (exact) mass is 363 g/mol. The third-order valence-electron chi connectivity index (χ3n) is 5.08.